The van der Waals surface area contributed by atoms with Gasteiger partial charge in [0, 0.05) is 36.0 Å². The highest BCUT2D eigenvalue weighted by molar-refractivity contribution is 9.10. The Balaban J connectivity index is 1.57. The number of nitrogens with zero attached hydrogens (tertiary/aromatic N) is 3. The predicted octanol–water partition coefficient (Wildman–Crippen LogP) is 2.42. The largest absolute Gasteiger partial charge is 0.369 e. The predicted molar refractivity (Wildman–Crippen MR) is 99.2 cm³/mol. The first kappa shape index (κ1) is 17.6. The van der Waals surface area contributed by atoms with Crippen molar-refractivity contribution in [1.82, 2.24) is 19.3 Å². The van der Waals surface area contributed by atoms with Crippen LogP contribution in [-0.2, 0) is 10.0 Å². The minimum atomic E-state index is -3.56. The fraction of sp³-hybridized carbons (Fsp3) is 0.125. The summed E-state index contributed by atoms with van der Waals surface area (Å²) in [6, 6.07) is 12.3. The quantitative estimate of drug-likeness (QED) is 0.571. The third kappa shape index (κ3) is 4.44. The molecule has 0 atom stereocenters. The Bertz CT molecular complexity index is 945. The normalized spacial score (nSPS) is 11.4. The van der Waals surface area contributed by atoms with Gasteiger partial charge in [0.25, 0.3) is 0 Å². The molecule has 25 heavy (non-hydrogen) atoms. The average Bonchev–Trinajstić information content (AvgIpc) is 3.14. The number of anilines is 1. The molecule has 0 unspecified atom stereocenters. The Labute approximate surface area is 154 Å². The number of halogens is 1. The number of nitrogens with one attached hydrogen (secondary N) is 2. The van der Waals surface area contributed by atoms with Gasteiger partial charge in [0.15, 0.2) is 0 Å². The van der Waals surface area contributed by atoms with E-state index in [1.165, 1.54) is 6.33 Å². The van der Waals surface area contributed by atoms with Crippen LogP contribution in [0.3, 0.4) is 0 Å². The van der Waals surface area contributed by atoms with E-state index >= 15 is 0 Å². The maximum atomic E-state index is 12.3. The number of sulfonamides is 1. The van der Waals surface area contributed by atoms with Crippen molar-refractivity contribution in [3.63, 3.8) is 0 Å². The summed E-state index contributed by atoms with van der Waals surface area (Å²) in [7, 11) is -3.56. The van der Waals surface area contributed by atoms with E-state index in [9.17, 15) is 8.42 Å². The number of benzene rings is 1. The fourth-order valence-electron chi connectivity index (χ4n) is 2.19. The van der Waals surface area contributed by atoms with E-state index in [0.717, 1.165) is 5.82 Å². The summed E-state index contributed by atoms with van der Waals surface area (Å²) in [5.41, 5.74) is 0. The Morgan fingerprint density at radius 2 is 1.80 bits per heavy atom. The molecule has 2 aromatic heterocycles. The zero-order chi connectivity index (χ0) is 17.7. The molecule has 9 heteroatoms. The van der Waals surface area contributed by atoms with Crippen LogP contribution in [0, 0.1) is 0 Å². The smallest absolute Gasteiger partial charge is 0.241 e. The van der Waals surface area contributed by atoms with Crippen LogP contribution in [0.4, 0.5) is 5.82 Å². The first-order chi connectivity index (χ1) is 12.1. The Kier molecular flexibility index (Phi) is 5.47. The highest BCUT2D eigenvalue weighted by atomic mass is 79.9. The Morgan fingerprint density at radius 1 is 1.04 bits per heavy atom. The molecule has 130 valence electrons. The zero-order valence-electron chi connectivity index (χ0n) is 13.1. The second-order valence-corrected chi connectivity index (χ2v) is 7.70. The molecule has 0 radical (unpaired) electrons. The molecule has 0 aliphatic heterocycles. The van der Waals surface area contributed by atoms with E-state index in [1.54, 1.807) is 30.3 Å². The molecular formula is C16H16BrN5O2S. The summed E-state index contributed by atoms with van der Waals surface area (Å²) in [4.78, 5) is 8.54. The van der Waals surface area contributed by atoms with Gasteiger partial charge in [-0.1, -0.05) is 12.1 Å². The lowest BCUT2D eigenvalue weighted by Gasteiger charge is -2.10. The van der Waals surface area contributed by atoms with Crippen molar-refractivity contribution in [1.29, 1.82) is 0 Å². The number of hydrogen-bond donors (Lipinski definition) is 2. The highest BCUT2D eigenvalue weighted by Gasteiger charge is 2.16. The summed E-state index contributed by atoms with van der Waals surface area (Å²) in [5.74, 6) is 1.36. The van der Waals surface area contributed by atoms with Gasteiger partial charge in [-0.15, -0.1) is 0 Å². The van der Waals surface area contributed by atoms with Gasteiger partial charge in [0.2, 0.25) is 10.0 Å². The standard InChI is InChI=1S/C16H16BrN5O2S/c17-13-5-1-2-6-14(13)25(23,24)21-8-7-18-15-11-16(20-12-19-15)22-9-3-4-10-22/h1-6,9-12,21H,7-8H2,(H,18,19,20). The van der Waals surface area contributed by atoms with Crippen LogP contribution < -0.4 is 10.0 Å². The van der Waals surface area contributed by atoms with E-state index in [1.807, 2.05) is 29.1 Å². The molecule has 0 amide bonds. The SMILES string of the molecule is O=S(=O)(NCCNc1cc(-n2cccc2)ncn1)c1ccccc1Br. The molecule has 0 saturated heterocycles. The van der Waals surface area contributed by atoms with Crippen molar-refractivity contribution >= 4 is 31.8 Å². The third-order valence-corrected chi connectivity index (χ3v) is 5.84. The number of hydrogen-bond acceptors (Lipinski definition) is 5. The van der Waals surface area contributed by atoms with Gasteiger partial charge in [-0.05, 0) is 40.2 Å². The molecule has 7 nitrogen and oxygen atoms in total. The van der Waals surface area contributed by atoms with Crippen LogP contribution in [0.15, 0.2) is 70.6 Å². The summed E-state index contributed by atoms with van der Waals surface area (Å²) in [6.07, 6.45) is 5.23. The summed E-state index contributed by atoms with van der Waals surface area (Å²) < 4.78 is 29.5. The molecule has 0 saturated carbocycles. The van der Waals surface area contributed by atoms with E-state index in [0.29, 0.717) is 16.8 Å². The lowest BCUT2D eigenvalue weighted by atomic mass is 10.4. The van der Waals surface area contributed by atoms with E-state index in [2.05, 4.69) is 35.9 Å². The Morgan fingerprint density at radius 3 is 2.56 bits per heavy atom. The van der Waals surface area contributed by atoms with Crippen molar-refractivity contribution in [3.8, 4) is 5.82 Å². The molecule has 3 aromatic rings. The molecule has 3 rings (SSSR count). The lowest BCUT2D eigenvalue weighted by Crippen LogP contribution is -2.29. The van der Waals surface area contributed by atoms with Gasteiger partial charge in [-0.3, -0.25) is 0 Å². The van der Waals surface area contributed by atoms with Crippen LogP contribution in [0.5, 0.6) is 0 Å². The first-order valence-corrected chi connectivity index (χ1v) is 9.77. The summed E-state index contributed by atoms with van der Waals surface area (Å²) in [5, 5.41) is 3.08. The van der Waals surface area contributed by atoms with Gasteiger partial charge in [0.05, 0.1) is 4.90 Å². The zero-order valence-corrected chi connectivity index (χ0v) is 15.5. The monoisotopic (exact) mass is 421 g/mol. The van der Waals surface area contributed by atoms with E-state index < -0.39 is 10.0 Å². The van der Waals surface area contributed by atoms with Crippen LogP contribution >= 0.6 is 15.9 Å². The van der Waals surface area contributed by atoms with Crippen molar-refractivity contribution < 1.29 is 8.42 Å². The fourth-order valence-corrected chi connectivity index (χ4v) is 4.22. The lowest BCUT2D eigenvalue weighted by molar-refractivity contribution is 0.582. The van der Waals surface area contributed by atoms with Gasteiger partial charge in [0.1, 0.15) is 18.0 Å². The van der Waals surface area contributed by atoms with Crippen molar-refractivity contribution in [3.05, 3.63) is 65.7 Å². The highest BCUT2D eigenvalue weighted by Crippen LogP contribution is 2.20. The third-order valence-electron chi connectivity index (χ3n) is 3.37. The van der Waals surface area contributed by atoms with Crippen molar-refractivity contribution in [2.75, 3.05) is 18.4 Å². The van der Waals surface area contributed by atoms with Crippen LogP contribution in [0.25, 0.3) is 5.82 Å². The molecule has 0 fully saturated rings. The topological polar surface area (TPSA) is 88.9 Å². The van der Waals surface area contributed by atoms with Gasteiger partial charge in [-0.25, -0.2) is 23.1 Å². The molecule has 0 spiro atoms. The molecule has 2 N–H and O–H groups in total. The Hall–Kier alpha value is -2.23. The van der Waals surface area contributed by atoms with Crippen molar-refractivity contribution in [2.24, 2.45) is 0 Å². The number of aromatic nitrogens is 3. The van der Waals surface area contributed by atoms with Crippen LogP contribution in [-0.4, -0.2) is 36.0 Å². The van der Waals surface area contributed by atoms with Gasteiger partial charge >= 0.3 is 0 Å². The molecular weight excluding hydrogens is 406 g/mol. The minimum Gasteiger partial charge on any atom is -0.369 e. The molecule has 1 aromatic carbocycles. The van der Waals surface area contributed by atoms with Crippen LogP contribution in [0.2, 0.25) is 0 Å². The summed E-state index contributed by atoms with van der Waals surface area (Å²) >= 11 is 3.25. The molecule has 0 aliphatic rings. The summed E-state index contributed by atoms with van der Waals surface area (Å²) in [6.45, 7) is 0.623. The van der Waals surface area contributed by atoms with Crippen molar-refractivity contribution in [2.45, 2.75) is 4.90 Å². The second-order valence-electron chi connectivity index (χ2n) is 5.11. The molecule has 2 heterocycles. The van der Waals surface area contributed by atoms with E-state index in [-0.39, 0.29) is 11.4 Å². The number of rotatable bonds is 7. The van der Waals surface area contributed by atoms with Crippen LogP contribution in [0.1, 0.15) is 0 Å². The van der Waals surface area contributed by atoms with Gasteiger partial charge < -0.3 is 9.88 Å². The second kappa shape index (κ2) is 7.77. The maximum Gasteiger partial charge on any atom is 0.241 e. The van der Waals surface area contributed by atoms with E-state index in [4.69, 9.17) is 0 Å². The first-order valence-electron chi connectivity index (χ1n) is 7.50. The molecule has 0 aliphatic carbocycles. The van der Waals surface area contributed by atoms with Gasteiger partial charge in [-0.2, -0.15) is 0 Å². The minimum absolute atomic E-state index is 0.215. The molecule has 0 bridgehead atoms. The average molecular weight is 422 g/mol. The maximum absolute atomic E-state index is 12.3.